The first kappa shape index (κ1) is 14.1. The van der Waals surface area contributed by atoms with Crippen LogP contribution in [0.25, 0.3) is 5.65 Å². The Morgan fingerprint density at radius 3 is 3.00 bits per heavy atom. The van der Waals surface area contributed by atoms with Crippen LogP contribution in [0.3, 0.4) is 0 Å². The number of aromatic nitrogens is 2. The van der Waals surface area contributed by atoms with Gasteiger partial charge in [0.15, 0.2) is 0 Å². The molecule has 0 aliphatic heterocycles. The molecule has 0 radical (unpaired) electrons. The van der Waals surface area contributed by atoms with Crippen LogP contribution in [0.5, 0.6) is 0 Å². The van der Waals surface area contributed by atoms with Crippen molar-refractivity contribution in [3.8, 4) is 0 Å². The third-order valence-electron chi connectivity index (χ3n) is 3.12. The molecule has 106 valence electrons. The molecule has 0 bridgehead atoms. The zero-order valence-electron chi connectivity index (χ0n) is 12.3. The van der Waals surface area contributed by atoms with E-state index in [1.807, 2.05) is 49.1 Å². The Balaban J connectivity index is 2.07. The fourth-order valence-corrected chi connectivity index (χ4v) is 1.90. The second-order valence-electron chi connectivity index (χ2n) is 4.77. The minimum absolute atomic E-state index is 0.646. The van der Waals surface area contributed by atoms with Gasteiger partial charge in [-0.3, -0.25) is 4.99 Å². The summed E-state index contributed by atoms with van der Waals surface area (Å²) in [6, 6.07) is 4.02. The predicted molar refractivity (Wildman–Crippen MR) is 84.4 cm³/mol. The van der Waals surface area contributed by atoms with Crippen LogP contribution < -0.4 is 5.32 Å². The quantitative estimate of drug-likeness (QED) is 0.821. The van der Waals surface area contributed by atoms with E-state index < -0.39 is 0 Å². The van der Waals surface area contributed by atoms with E-state index in [2.05, 4.69) is 33.8 Å². The first-order valence-corrected chi connectivity index (χ1v) is 6.69. The molecule has 0 amide bonds. The van der Waals surface area contributed by atoms with Crippen LogP contribution in [-0.4, -0.2) is 41.1 Å². The van der Waals surface area contributed by atoms with Gasteiger partial charge in [0, 0.05) is 32.2 Å². The number of hydrogen-bond acceptors (Lipinski definition) is 4. The number of anilines is 1. The lowest BCUT2D eigenvalue weighted by Crippen LogP contribution is -2.13. The van der Waals surface area contributed by atoms with Gasteiger partial charge in [0.2, 0.25) is 0 Å². The molecule has 0 fully saturated rings. The third-order valence-corrected chi connectivity index (χ3v) is 3.12. The van der Waals surface area contributed by atoms with Crippen molar-refractivity contribution in [3.63, 3.8) is 0 Å². The molecule has 2 heterocycles. The molecule has 0 aromatic carbocycles. The predicted octanol–water partition coefficient (Wildman–Crippen LogP) is 2.55. The second-order valence-corrected chi connectivity index (χ2v) is 4.77. The summed E-state index contributed by atoms with van der Waals surface area (Å²) in [5.41, 5.74) is 3.91. The number of imidazole rings is 1. The van der Waals surface area contributed by atoms with Crippen molar-refractivity contribution >= 4 is 18.1 Å². The fourth-order valence-electron chi connectivity index (χ4n) is 1.90. The summed E-state index contributed by atoms with van der Waals surface area (Å²) in [5.74, 6) is 0. The van der Waals surface area contributed by atoms with E-state index in [4.69, 9.17) is 0 Å². The van der Waals surface area contributed by atoms with Gasteiger partial charge < -0.3 is 14.6 Å². The largest absolute Gasteiger partial charge is 0.379 e. The second kappa shape index (κ2) is 6.23. The molecule has 0 saturated heterocycles. The van der Waals surface area contributed by atoms with Crippen molar-refractivity contribution in [2.45, 2.75) is 13.8 Å². The number of rotatable bonds is 6. The highest BCUT2D eigenvalue weighted by molar-refractivity contribution is 5.51. The first-order valence-electron chi connectivity index (χ1n) is 6.69. The SMILES string of the molecule is C=N/C(=C\N(C)CC)CNc1ccc2nc(C)cn2c1. The van der Waals surface area contributed by atoms with E-state index in [9.17, 15) is 0 Å². The van der Waals surface area contributed by atoms with Crippen molar-refractivity contribution in [1.29, 1.82) is 0 Å². The molecule has 2 rings (SSSR count). The summed E-state index contributed by atoms with van der Waals surface area (Å²) in [6.45, 7) is 9.29. The van der Waals surface area contributed by atoms with E-state index in [1.54, 1.807) is 0 Å². The van der Waals surface area contributed by atoms with E-state index in [0.717, 1.165) is 29.3 Å². The minimum Gasteiger partial charge on any atom is -0.379 e. The lowest BCUT2D eigenvalue weighted by atomic mass is 10.3. The average Bonchev–Trinajstić information content (AvgIpc) is 2.82. The lowest BCUT2D eigenvalue weighted by Gasteiger charge is -2.13. The number of nitrogens with one attached hydrogen (secondary N) is 1. The van der Waals surface area contributed by atoms with Gasteiger partial charge in [-0.1, -0.05) is 0 Å². The van der Waals surface area contributed by atoms with Crippen LogP contribution in [-0.2, 0) is 0 Å². The maximum Gasteiger partial charge on any atom is 0.137 e. The molecular weight excluding hydrogens is 250 g/mol. The average molecular weight is 271 g/mol. The van der Waals surface area contributed by atoms with Crippen LogP contribution in [0.2, 0.25) is 0 Å². The van der Waals surface area contributed by atoms with Crippen molar-refractivity contribution in [3.05, 3.63) is 42.1 Å². The van der Waals surface area contributed by atoms with Gasteiger partial charge in [-0.05, 0) is 32.7 Å². The van der Waals surface area contributed by atoms with Gasteiger partial charge in [-0.25, -0.2) is 4.98 Å². The van der Waals surface area contributed by atoms with Crippen LogP contribution in [0.1, 0.15) is 12.6 Å². The Morgan fingerprint density at radius 1 is 1.50 bits per heavy atom. The molecule has 5 nitrogen and oxygen atoms in total. The minimum atomic E-state index is 0.646. The molecule has 5 heteroatoms. The summed E-state index contributed by atoms with van der Waals surface area (Å²) in [4.78, 5) is 10.5. The van der Waals surface area contributed by atoms with E-state index in [1.165, 1.54) is 0 Å². The Labute approximate surface area is 119 Å². The number of fused-ring (bicyclic) bond motifs is 1. The van der Waals surface area contributed by atoms with Gasteiger partial charge in [0.1, 0.15) is 5.65 Å². The molecule has 0 aliphatic rings. The number of hydrogen-bond donors (Lipinski definition) is 1. The van der Waals surface area contributed by atoms with Gasteiger partial charge >= 0.3 is 0 Å². The van der Waals surface area contributed by atoms with Crippen LogP contribution in [0.4, 0.5) is 5.69 Å². The molecule has 0 unspecified atom stereocenters. The molecule has 0 atom stereocenters. The van der Waals surface area contributed by atoms with Crippen molar-refractivity contribution in [2.24, 2.45) is 4.99 Å². The van der Waals surface area contributed by atoms with Crippen LogP contribution >= 0.6 is 0 Å². The number of aliphatic imine (C=N–C) groups is 1. The standard InChI is InChI=1S/C15H21N5/c1-5-19(4)10-14(16-3)8-17-13-6-7-15-18-12(2)9-20(15)11-13/h6-7,9-11,17H,3,5,8H2,1-2,4H3/b14-10-. The smallest absolute Gasteiger partial charge is 0.137 e. The van der Waals surface area contributed by atoms with Gasteiger partial charge in [0.05, 0.1) is 23.6 Å². The van der Waals surface area contributed by atoms with Crippen molar-refractivity contribution < 1.29 is 0 Å². The summed E-state index contributed by atoms with van der Waals surface area (Å²) in [6.07, 6.45) is 6.04. The normalized spacial score (nSPS) is 11.7. The topological polar surface area (TPSA) is 44.9 Å². The van der Waals surface area contributed by atoms with Crippen LogP contribution in [0.15, 0.2) is 41.4 Å². The molecule has 0 spiro atoms. The summed E-state index contributed by atoms with van der Waals surface area (Å²) in [7, 11) is 2.02. The molecular formula is C15H21N5. The van der Waals surface area contributed by atoms with E-state index in [-0.39, 0.29) is 0 Å². The maximum atomic E-state index is 4.40. The Kier molecular flexibility index (Phi) is 4.40. The molecule has 0 aliphatic carbocycles. The number of nitrogens with zero attached hydrogens (tertiary/aromatic N) is 4. The highest BCUT2D eigenvalue weighted by atomic mass is 15.1. The fraction of sp³-hybridized carbons (Fsp3) is 0.333. The zero-order valence-corrected chi connectivity index (χ0v) is 12.3. The van der Waals surface area contributed by atoms with E-state index in [0.29, 0.717) is 6.54 Å². The molecule has 2 aromatic heterocycles. The molecule has 1 N–H and O–H groups in total. The number of aryl methyl sites for hydroxylation is 1. The van der Waals surface area contributed by atoms with Crippen molar-refractivity contribution in [2.75, 3.05) is 25.5 Å². The third kappa shape index (κ3) is 3.38. The Bertz CT molecular complexity index is 626. The van der Waals surface area contributed by atoms with Gasteiger partial charge in [-0.15, -0.1) is 0 Å². The maximum absolute atomic E-state index is 4.40. The highest BCUT2D eigenvalue weighted by Crippen LogP contribution is 2.12. The molecule has 0 saturated carbocycles. The van der Waals surface area contributed by atoms with Crippen molar-refractivity contribution in [1.82, 2.24) is 14.3 Å². The Morgan fingerprint density at radius 2 is 2.30 bits per heavy atom. The number of pyridine rings is 1. The monoisotopic (exact) mass is 271 g/mol. The highest BCUT2D eigenvalue weighted by Gasteiger charge is 2.00. The van der Waals surface area contributed by atoms with Gasteiger partial charge in [0.25, 0.3) is 0 Å². The van der Waals surface area contributed by atoms with Crippen LogP contribution in [0, 0.1) is 6.92 Å². The molecule has 2 aromatic rings. The summed E-state index contributed by atoms with van der Waals surface area (Å²) < 4.78 is 2.01. The molecule has 20 heavy (non-hydrogen) atoms. The zero-order chi connectivity index (χ0) is 14.5. The first-order chi connectivity index (χ1) is 9.62. The summed E-state index contributed by atoms with van der Waals surface area (Å²) >= 11 is 0. The Hall–Kier alpha value is -2.30. The summed E-state index contributed by atoms with van der Waals surface area (Å²) in [5, 5.41) is 3.35. The van der Waals surface area contributed by atoms with Gasteiger partial charge in [-0.2, -0.15) is 0 Å². The van der Waals surface area contributed by atoms with E-state index >= 15 is 0 Å². The lowest BCUT2D eigenvalue weighted by molar-refractivity contribution is 0.479.